The molecule has 0 unspecified atom stereocenters. The lowest BCUT2D eigenvalue weighted by molar-refractivity contribution is -0.126. The first-order valence-electron chi connectivity index (χ1n) is 8.59. The van der Waals surface area contributed by atoms with E-state index in [-0.39, 0.29) is 17.7 Å². The third-order valence-corrected chi connectivity index (χ3v) is 5.60. The van der Waals surface area contributed by atoms with Crippen molar-refractivity contribution in [3.63, 3.8) is 0 Å². The Hall–Kier alpha value is -1.47. The Balaban J connectivity index is 1.82. The monoisotopic (exact) mass is 353 g/mol. The van der Waals surface area contributed by atoms with Crippen LogP contribution in [0.1, 0.15) is 46.6 Å². The van der Waals surface area contributed by atoms with E-state index in [2.05, 4.69) is 10.3 Å². The van der Waals surface area contributed by atoms with Gasteiger partial charge in [0.05, 0.1) is 10.7 Å². The second-order valence-electron chi connectivity index (χ2n) is 6.08. The molecule has 1 fully saturated rings. The number of aryl methyl sites for hydroxylation is 2. The van der Waals surface area contributed by atoms with Crippen molar-refractivity contribution in [2.45, 2.75) is 39.5 Å². The van der Waals surface area contributed by atoms with Crippen LogP contribution in [0.2, 0.25) is 0 Å². The molecule has 0 spiro atoms. The van der Waals surface area contributed by atoms with Gasteiger partial charge in [0.2, 0.25) is 5.91 Å². The number of aromatic nitrogens is 1. The lowest BCUT2D eigenvalue weighted by atomic mass is 9.95. The molecule has 1 aromatic rings. The molecule has 2 rings (SSSR count). The fourth-order valence-electron chi connectivity index (χ4n) is 2.86. The summed E-state index contributed by atoms with van der Waals surface area (Å²) in [7, 11) is 1.66. The Bertz CT molecular complexity index is 565. The standard InChI is InChI=1S/C17H27N3O3S/c1-4-14-19-12(2)15(24-14)17(22)20-9-6-13(7-10-20)16(21)18-8-5-11-23-3/h13H,4-11H2,1-3H3,(H,18,21). The molecule has 0 bridgehead atoms. The van der Waals surface area contributed by atoms with Crippen molar-refractivity contribution in [3.8, 4) is 0 Å². The number of hydrogen-bond donors (Lipinski definition) is 1. The molecule has 2 amide bonds. The van der Waals surface area contributed by atoms with Gasteiger partial charge in [-0.2, -0.15) is 0 Å². The Morgan fingerprint density at radius 1 is 1.38 bits per heavy atom. The van der Waals surface area contributed by atoms with Crippen molar-refractivity contribution in [1.82, 2.24) is 15.2 Å². The molecule has 0 saturated carbocycles. The minimum absolute atomic E-state index is 0.00496. The Morgan fingerprint density at radius 3 is 2.67 bits per heavy atom. The van der Waals surface area contributed by atoms with E-state index in [0.717, 1.165) is 41.3 Å². The summed E-state index contributed by atoms with van der Waals surface area (Å²) in [5, 5.41) is 3.95. The lowest BCUT2D eigenvalue weighted by Gasteiger charge is -2.31. The summed E-state index contributed by atoms with van der Waals surface area (Å²) in [6, 6.07) is 0. The largest absolute Gasteiger partial charge is 0.385 e. The number of amides is 2. The zero-order chi connectivity index (χ0) is 17.5. The topological polar surface area (TPSA) is 71.5 Å². The highest BCUT2D eigenvalue weighted by molar-refractivity contribution is 7.13. The van der Waals surface area contributed by atoms with Crippen LogP contribution in [0.4, 0.5) is 0 Å². The number of rotatable bonds is 7. The maximum absolute atomic E-state index is 12.7. The molecule has 0 atom stereocenters. The number of ether oxygens (including phenoxy) is 1. The molecule has 1 aliphatic heterocycles. The van der Waals surface area contributed by atoms with Gasteiger partial charge in [0.1, 0.15) is 4.88 Å². The number of nitrogens with zero attached hydrogens (tertiary/aromatic N) is 2. The molecule has 1 N–H and O–H groups in total. The molecule has 24 heavy (non-hydrogen) atoms. The number of carbonyl (C=O) groups excluding carboxylic acids is 2. The summed E-state index contributed by atoms with van der Waals surface area (Å²) >= 11 is 1.49. The van der Waals surface area contributed by atoms with Crippen LogP contribution >= 0.6 is 11.3 Å². The highest BCUT2D eigenvalue weighted by atomic mass is 32.1. The molecule has 2 heterocycles. The van der Waals surface area contributed by atoms with Crippen molar-refractivity contribution in [2.24, 2.45) is 5.92 Å². The van der Waals surface area contributed by atoms with Gasteiger partial charge >= 0.3 is 0 Å². The highest BCUT2D eigenvalue weighted by Crippen LogP contribution is 2.24. The fourth-order valence-corrected chi connectivity index (χ4v) is 3.84. The first-order chi connectivity index (χ1) is 11.6. The molecule has 1 aliphatic rings. The van der Waals surface area contributed by atoms with E-state index in [9.17, 15) is 9.59 Å². The third kappa shape index (κ3) is 4.77. The summed E-state index contributed by atoms with van der Waals surface area (Å²) in [5.74, 6) is 0.162. The zero-order valence-corrected chi connectivity index (χ0v) is 15.6. The van der Waals surface area contributed by atoms with Crippen molar-refractivity contribution in [3.05, 3.63) is 15.6 Å². The van der Waals surface area contributed by atoms with Gasteiger partial charge in [-0.1, -0.05) is 6.92 Å². The maximum Gasteiger partial charge on any atom is 0.265 e. The van der Waals surface area contributed by atoms with Gasteiger partial charge < -0.3 is 15.0 Å². The number of hydrogen-bond acceptors (Lipinski definition) is 5. The van der Waals surface area contributed by atoms with Crippen molar-refractivity contribution >= 4 is 23.2 Å². The van der Waals surface area contributed by atoms with E-state index in [0.29, 0.717) is 26.2 Å². The Kier molecular flexibility index (Phi) is 7.17. The van der Waals surface area contributed by atoms with E-state index in [1.54, 1.807) is 7.11 Å². The summed E-state index contributed by atoms with van der Waals surface area (Å²) in [5.41, 5.74) is 0.819. The molecule has 1 saturated heterocycles. The number of nitrogens with one attached hydrogen (secondary N) is 1. The van der Waals surface area contributed by atoms with Crippen molar-refractivity contribution in [1.29, 1.82) is 0 Å². The van der Waals surface area contributed by atoms with E-state index in [1.165, 1.54) is 11.3 Å². The molecule has 7 heteroatoms. The lowest BCUT2D eigenvalue weighted by Crippen LogP contribution is -2.43. The highest BCUT2D eigenvalue weighted by Gasteiger charge is 2.29. The van der Waals surface area contributed by atoms with E-state index < -0.39 is 0 Å². The van der Waals surface area contributed by atoms with E-state index in [4.69, 9.17) is 4.74 Å². The van der Waals surface area contributed by atoms with Gasteiger partial charge in [0.15, 0.2) is 0 Å². The van der Waals surface area contributed by atoms with Crippen LogP contribution in [0.5, 0.6) is 0 Å². The summed E-state index contributed by atoms with van der Waals surface area (Å²) in [6.07, 6.45) is 3.12. The van der Waals surface area contributed by atoms with Gasteiger partial charge in [-0.3, -0.25) is 9.59 Å². The molecule has 0 radical (unpaired) electrons. The van der Waals surface area contributed by atoms with Gasteiger partial charge in [0, 0.05) is 39.3 Å². The Morgan fingerprint density at radius 2 is 2.08 bits per heavy atom. The molecule has 0 aromatic carbocycles. The first kappa shape index (κ1) is 18.9. The van der Waals surface area contributed by atoms with Crippen LogP contribution in [0, 0.1) is 12.8 Å². The second-order valence-corrected chi connectivity index (χ2v) is 7.16. The van der Waals surface area contributed by atoms with Gasteiger partial charge in [-0.15, -0.1) is 11.3 Å². The van der Waals surface area contributed by atoms with E-state index >= 15 is 0 Å². The minimum atomic E-state index is 0.00496. The van der Waals surface area contributed by atoms with Crippen LogP contribution in [-0.4, -0.2) is 55.0 Å². The summed E-state index contributed by atoms with van der Waals surface area (Å²) in [6.45, 7) is 6.50. The van der Waals surface area contributed by atoms with Crippen molar-refractivity contribution < 1.29 is 14.3 Å². The molecular weight excluding hydrogens is 326 g/mol. The molecular formula is C17H27N3O3S. The maximum atomic E-state index is 12.7. The number of likely N-dealkylation sites (tertiary alicyclic amines) is 1. The fraction of sp³-hybridized carbons (Fsp3) is 0.706. The van der Waals surface area contributed by atoms with Gasteiger partial charge in [0.25, 0.3) is 5.91 Å². The average molecular weight is 353 g/mol. The molecule has 1 aromatic heterocycles. The van der Waals surface area contributed by atoms with E-state index in [1.807, 2.05) is 18.7 Å². The molecule has 134 valence electrons. The SMILES string of the molecule is CCc1nc(C)c(C(=O)N2CCC(C(=O)NCCCOC)CC2)s1. The number of piperidine rings is 1. The molecule has 0 aliphatic carbocycles. The summed E-state index contributed by atoms with van der Waals surface area (Å²) in [4.78, 5) is 31.8. The first-order valence-corrected chi connectivity index (χ1v) is 9.40. The smallest absolute Gasteiger partial charge is 0.265 e. The third-order valence-electron chi connectivity index (χ3n) is 4.32. The summed E-state index contributed by atoms with van der Waals surface area (Å²) < 4.78 is 4.97. The zero-order valence-electron chi connectivity index (χ0n) is 14.8. The molecule has 6 nitrogen and oxygen atoms in total. The predicted molar refractivity (Wildman–Crippen MR) is 94.4 cm³/mol. The number of carbonyl (C=O) groups is 2. The quantitative estimate of drug-likeness (QED) is 0.761. The number of thiazole rings is 1. The average Bonchev–Trinajstić information content (AvgIpc) is 2.99. The van der Waals surface area contributed by atoms with Crippen LogP contribution in [0.3, 0.4) is 0 Å². The normalized spacial score (nSPS) is 15.5. The predicted octanol–water partition coefficient (Wildman–Crippen LogP) is 2.02. The van der Waals surface area contributed by atoms with Crippen LogP contribution in [0.15, 0.2) is 0 Å². The Labute approximate surface area is 147 Å². The van der Waals surface area contributed by atoms with Gasteiger partial charge in [-0.25, -0.2) is 4.98 Å². The van der Waals surface area contributed by atoms with Crippen LogP contribution in [0.25, 0.3) is 0 Å². The number of methoxy groups -OCH3 is 1. The minimum Gasteiger partial charge on any atom is -0.385 e. The van der Waals surface area contributed by atoms with Crippen molar-refractivity contribution in [2.75, 3.05) is 33.4 Å². The van der Waals surface area contributed by atoms with Crippen LogP contribution < -0.4 is 5.32 Å². The van der Waals surface area contributed by atoms with Crippen LogP contribution in [-0.2, 0) is 16.0 Å². The second kappa shape index (κ2) is 9.13. The van der Waals surface area contributed by atoms with Gasteiger partial charge in [-0.05, 0) is 32.6 Å².